The van der Waals surface area contributed by atoms with Gasteiger partial charge in [0.1, 0.15) is 11.6 Å². The largest absolute Gasteiger partial charge is 0.293 e. The van der Waals surface area contributed by atoms with Crippen LogP contribution in [0.5, 0.6) is 0 Å². The predicted molar refractivity (Wildman–Crippen MR) is 68.0 cm³/mol. The number of rotatable bonds is 3. The summed E-state index contributed by atoms with van der Waals surface area (Å²) in [6.45, 7) is 0. The van der Waals surface area contributed by atoms with Crippen molar-refractivity contribution < 1.29 is 13.6 Å². The zero-order valence-corrected chi connectivity index (χ0v) is 10.2. The van der Waals surface area contributed by atoms with Crippen molar-refractivity contribution in [1.29, 1.82) is 0 Å². The lowest BCUT2D eigenvalue weighted by atomic mass is 9.87. The number of hydrogen-bond acceptors (Lipinski definition) is 1. The van der Waals surface area contributed by atoms with Gasteiger partial charge in [0, 0.05) is 6.07 Å². The highest BCUT2D eigenvalue weighted by Gasteiger charge is 2.51. The molecule has 1 fully saturated rings. The van der Waals surface area contributed by atoms with Crippen LogP contribution in [0.25, 0.3) is 0 Å². The number of Topliss-reactive ketones (excluding diaryl/α,β-unsaturated/α-hetero) is 1. The maximum absolute atomic E-state index is 13.7. The van der Waals surface area contributed by atoms with Gasteiger partial charge < -0.3 is 0 Å². The molecule has 1 saturated carbocycles. The second kappa shape index (κ2) is 4.26. The minimum absolute atomic E-state index is 0.0252. The van der Waals surface area contributed by atoms with Crippen molar-refractivity contribution in [2.75, 3.05) is 0 Å². The molecule has 0 aliphatic heterocycles. The maximum Gasteiger partial charge on any atom is 0.176 e. The van der Waals surface area contributed by atoms with Crippen LogP contribution in [0, 0.1) is 11.6 Å². The Morgan fingerprint density at radius 1 is 1.00 bits per heavy atom. The highest BCUT2D eigenvalue weighted by Crippen LogP contribution is 2.50. The van der Waals surface area contributed by atoms with Gasteiger partial charge in [0.25, 0.3) is 0 Å². The first-order chi connectivity index (χ1) is 9.13. The average Bonchev–Trinajstić information content (AvgIpc) is 3.20. The Hall–Kier alpha value is -2.03. The van der Waals surface area contributed by atoms with Crippen LogP contribution < -0.4 is 0 Å². The van der Waals surface area contributed by atoms with Crippen LogP contribution in [0.1, 0.15) is 28.8 Å². The normalized spacial score (nSPS) is 16.1. The summed E-state index contributed by atoms with van der Waals surface area (Å²) in [5.41, 5.74) is 0.270. The van der Waals surface area contributed by atoms with Gasteiger partial charge in [-0.15, -0.1) is 0 Å². The summed E-state index contributed by atoms with van der Waals surface area (Å²) in [7, 11) is 0. The molecule has 0 spiro atoms. The Morgan fingerprint density at radius 3 is 2.26 bits per heavy atom. The summed E-state index contributed by atoms with van der Waals surface area (Å²) in [5, 5.41) is 0. The smallest absolute Gasteiger partial charge is 0.176 e. The molecule has 1 aliphatic rings. The van der Waals surface area contributed by atoms with Gasteiger partial charge in [0.2, 0.25) is 0 Å². The molecule has 96 valence electrons. The molecule has 0 bridgehead atoms. The molecule has 2 aromatic carbocycles. The van der Waals surface area contributed by atoms with Crippen LogP contribution in [0.15, 0.2) is 48.5 Å². The lowest BCUT2D eigenvalue weighted by molar-refractivity contribution is 0.0942. The second-order valence-electron chi connectivity index (χ2n) is 4.90. The molecule has 0 radical (unpaired) electrons. The molecule has 1 aliphatic carbocycles. The lowest BCUT2D eigenvalue weighted by Gasteiger charge is -2.15. The lowest BCUT2D eigenvalue weighted by Crippen LogP contribution is -2.21. The standard InChI is InChI=1S/C16H12F2O/c17-12-6-7-13(14(18)10-12)15(19)16(8-9-16)11-4-2-1-3-5-11/h1-7,10H,8-9H2. The first kappa shape index (κ1) is 12.0. The summed E-state index contributed by atoms with van der Waals surface area (Å²) in [5.74, 6) is -1.71. The summed E-state index contributed by atoms with van der Waals surface area (Å²) in [4.78, 5) is 12.5. The van der Waals surface area contributed by atoms with E-state index in [1.165, 1.54) is 6.07 Å². The van der Waals surface area contributed by atoms with E-state index in [0.717, 1.165) is 17.7 Å². The minimum atomic E-state index is -0.785. The van der Waals surface area contributed by atoms with Gasteiger partial charge in [-0.2, -0.15) is 0 Å². The van der Waals surface area contributed by atoms with Crippen molar-refractivity contribution >= 4 is 5.78 Å². The number of halogens is 2. The zero-order valence-electron chi connectivity index (χ0n) is 10.2. The first-order valence-electron chi connectivity index (χ1n) is 6.19. The molecule has 3 heteroatoms. The topological polar surface area (TPSA) is 17.1 Å². The molecule has 0 unspecified atom stereocenters. The van der Waals surface area contributed by atoms with E-state index in [1.807, 2.05) is 30.3 Å². The van der Waals surface area contributed by atoms with E-state index in [1.54, 1.807) is 0 Å². The fourth-order valence-corrected chi connectivity index (χ4v) is 2.46. The summed E-state index contributed by atoms with van der Waals surface area (Å²) in [6, 6.07) is 12.5. The number of ketones is 1. The molecule has 0 amide bonds. The molecule has 0 atom stereocenters. The SMILES string of the molecule is O=C(c1ccc(F)cc1F)C1(c2ccccc2)CC1. The van der Waals surface area contributed by atoms with Gasteiger partial charge in [-0.25, -0.2) is 8.78 Å². The maximum atomic E-state index is 13.7. The predicted octanol–water partition coefficient (Wildman–Crippen LogP) is 3.88. The molecular formula is C16H12F2O. The van der Waals surface area contributed by atoms with Crippen molar-refractivity contribution in [3.8, 4) is 0 Å². The van der Waals surface area contributed by atoms with Gasteiger partial charge in [-0.1, -0.05) is 30.3 Å². The molecule has 0 N–H and O–H groups in total. The number of benzene rings is 2. The van der Waals surface area contributed by atoms with Crippen molar-refractivity contribution in [2.45, 2.75) is 18.3 Å². The van der Waals surface area contributed by atoms with E-state index in [0.29, 0.717) is 12.8 Å². The third-order valence-corrected chi connectivity index (χ3v) is 3.69. The zero-order chi connectivity index (χ0) is 13.5. The van der Waals surface area contributed by atoms with Crippen LogP contribution in [0.4, 0.5) is 8.78 Å². The molecule has 0 heterocycles. The quantitative estimate of drug-likeness (QED) is 0.763. The van der Waals surface area contributed by atoms with E-state index in [-0.39, 0.29) is 11.3 Å². The minimum Gasteiger partial charge on any atom is -0.293 e. The van der Waals surface area contributed by atoms with Crippen LogP contribution >= 0.6 is 0 Å². The molecule has 1 nitrogen and oxygen atoms in total. The van der Waals surface area contributed by atoms with Crippen molar-refractivity contribution in [3.63, 3.8) is 0 Å². The first-order valence-corrected chi connectivity index (χ1v) is 6.19. The Labute approximate surface area is 109 Å². The average molecular weight is 258 g/mol. The summed E-state index contributed by atoms with van der Waals surface area (Å²) >= 11 is 0. The van der Waals surface area contributed by atoms with Crippen LogP contribution in [0.2, 0.25) is 0 Å². The number of carbonyl (C=O) groups is 1. The Morgan fingerprint density at radius 2 is 1.68 bits per heavy atom. The fourth-order valence-electron chi connectivity index (χ4n) is 2.46. The van der Waals surface area contributed by atoms with Gasteiger partial charge in [-0.05, 0) is 30.5 Å². The van der Waals surface area contributed by atoms with E-state index in [4.69, 9.17) is 0 Å². The molecular weight excluding hydrogens is 246 g/mol. The molecule has 0 saturated heterocycles. The second-order valence-corrected chi connectivity index (χ2v) is 4.90. The van der Waals surface area contributed by atoms with Gasteiger partial charge in [0.05, 0.1) is 11.0 Å². The Kier molecular flexibility index (Phi) is 2.70. The highest BCUT2D eigenvalue weighted by molar-refractivity contribution is 6.06. The van der Waals surface area contributed by atoms with Crippen LogP contribution in [-0.4, -0.2) is 5.78 Å². The molecule has 19 heavy (non-hydrogen) atoms. The van der Waals surface area contributed by atoms with Gasteiger partial charge in [0.15, 0.2) is 5.78 Å². The van der Waals surface area contributed by atoms with E-state index < -0.39 is 17.0 Å². The van der Waals surface area contributed by atoms with Crippen molar-refractivity contribution in [2.24, 2.45) is 0 Å². The van der Waals surface area contributed by atoms with E-state index in [2.05, 4.69) is 0 Å². The fraction of sp³-hybridized carbons (Fsp3) is 0.188. The highest BCUT2D eigenvalue weighted by atomic mass is 19.1. The van der Waals surface area contributed by atoms with Crippen molar-refractivity contribution in [3.05, 3.63) is 71.3 Å². The van der Waals surface area contributed by atoms with Gasteiger partial charge >= 0.3 is 0 Å². The summed E-state index contributed by atoms with van der Waals surface area (Å²) < 4.78 is 26.6. The number of carbonyl (C=O) groups excluding carboxylic acids is 1. The molecule has 0 aromatic heterocycles. The van der Waals surface area contributed by atoms with E-state index >= 15 is 0 Å². The van der Waals surface area contributed by atoms with Gasteiger partial charge in [-0.3, -0.25) is 4.79 Å². The van der Waals surface area contributed by atoms with E-state index in [9.17, 15) is 13.6 Å². The Balaban J connectivity index is 2.01. The molecule has 2 aromatic rings. The van der Waals surface area contributed by atoms with Crippen LogP contribution in [-0.2, 0) is 5.41 Å². The Bertz CT molecular complexity index is 630. The van der Waals surface area contributed by atoms with Crippen molar-refractivity contribution in [1.82, 2.24) is 0 Å². The third kappa shape index (κ3) is 1.95. The third-order valence-electron chi connectivity index (χ3n) is 3.69. The summed E-state index contributed by atoms with van der Waals surface area (Å²) in [6.07, 6.45) is 1.43. The molecule has 3 rings (SSSR count). The van der Waals surface area contributed by atoms with Crippen LogP contribution in [0.3, 0.4) is 0 Å². The monoisotopic (exact) mass is 258 g/mol. The number of hydrogen-bond donors (Lipinski definition) is 0.